The highest BCUT2D eigenvalue weighted by atomic mass is 19.4. The quantitative estimate of drug-likeness (QED) is 0.789. The zero-order valence-corrected chi connectivity index (χ0v) is 17.6. The van der Waals surface area contributed by atoms with Crippen LogP contribution >= 0.6 is 0 Å². The van der Waals surface area contributed by atoms with Crippen LogP contribution in [0.25, 0.3) is 0 Å². The Bertz CT molecular complexity index is 905. The number of benzene rings is 1. The van der Waals surface area contributed by atoms with Crippen molar-refractivity contribution in [1.82, 2.24) is 14.9 Å². The molecule has 1 aromatic carbocycles. The second-order valence-corrected chi connectivity index (χ2v) is 8.24. The van der Waals surface area contributed by atoms with E-state index in [0.717, 1.165) is 12.1 Å². The largest absolute Gasteiger partial charge is 0.444 e. The highest BCUT2D eigenvalue weighted by Crippen LogP contribution is 2.32. The van der Waals surface area contributed by atoms with Crippen LogP contribution in [0.3, 0.4) is 0 Å². The maximum atomic E-state index is 12.8. The molecular weight excluding hydrogens is 413 g/mol. The van der Waals surface area contributed by atoms with E-state index in [2.05, 4.69) is 9.97 Å². The van der Waals surface area contributed by atoms with E-state index in [4.69, 9.17) is 4.74 Å². The summed E-state index contributed by atoms with van der Waals surface area (Å²) < 4.78 is 43.8. The fraction of sp³-hybridized carbons (Fsp3) is 0.476. The zero-order chi connectivity index (χ0) is 22.8. The number of rotatable bonds is 3. The number of anilines is 1. The Morgan fingerprint density at radius 1 is 1.03 bits per heavy atom. The molecule has 1 amide bonds. The van der Waals surface area contributed by atoms with E-state index < -0.39 is 29.5 Å². The molecule has 1 atom stereocenters. The van der Waals surface area contributed by atoms with Crippen molar-refractivity contribution in [3.8, 4) is 0 Å². The van der Waals surface area contributed by atoms with E-state index in [1.165, 1.54) is 24.5 Å². The third-order valence-electron chi connectivity index (χ3n) is 4.75. The summed E-state index contributed by atoms with van der Waals surface area (Å²) >= 11 is 0. The second kappa shape index (κ2) is 8.70. The van der Waals surface area contributed by atoms with E-state index in [1.807, 2.05) is 4.90 Å². The van der Waals surface area contributed by atoms with Crippen molar-refractivity contribution in [1.29, 1.82) is 0 Å². The number of hydrogen-bond acceptors (Lipinski definition) is 6. The van der Waals surface area contributed by atoms with E-state index >= 15 is 0 Å². The fourth-order valence-corrected chi connectivity index (χ4v) is 3.22. The lowest BCUT2D eigenvalue weighted by Gasteiger charge is -2.36. The Morgan fingerprint density at radius 3 is 2.16 bits per heavy atom. The Kier molecular flexibility index (Phi) is 6.40. The molecule has 0 aliphatic carbocycles. The number of piperazine rings is 1. The Hall–Kier alpha value is -2.88. The van der Waals surface area contributed by atoms with Crippen molar-refractivity contribution in [3.63, 3.8) is 0 Å². The molecule has 1 aliphatic heterocycles. The molecular formula is C21H25F3N4O3. The number of carbonyl (C=O) groups excluding carboxylic acids is 1. The number of halogens is 3. The van der Waals surface area contributed by atoms with Crippen LogP contribution < -0.4 is 4.90 Å². The molecule has 3 rings (SSSR count). The first-order valence-electron chi connectivity index (χ1n) is 9.85. The molecule has 1 aliphatic rings. The minimum atomic E-state index is -4.45. The Balaban J connectivity index is 1.73. The maximum Gasteiger partial charge on any atom is 0.416 e. The summed E-state index contributed by atoms with van der Waals surface area (Å²) in [6.07, 6.45) is -3.18. The predicted octanol–water partition coefficient (Wildman–Crippen LogP) is 3.63. The van der Waals surface area contributed by atoms with Gasteiger partial charge >= 0.3 is 12.3 Å². The molecule has 2 aromatic rings. The zero-order valence-electron chi connectivity index (χ0n) is 17.6. The third-order valence-corrected chi connectivity index (χ3v) is 4.75. The number of nitrogens with zero attached hydrogens (tertiary/aromatic N) is 4. The molecule has 0 radical (unpaired) electrons. The number of aliphatic hydroxyl groups excluding tert-OH is 1. The molecule has 1 saturated heterocycles. The third kappa shape index (κ3) is 5.63. The Morgan fingerprint density at radius 2 is 1.61 bits per heavy atom. The van der Waals surface area contributed by atoms with Gasteiger partial charge in [-0.15, -0.1) is 0 Å². The molecule has 0 bridgehead atoms. The van der Waals surface area contributed by atoms with Gasteiger partial charge in [0.25, 0.3) is 0 Å². The van der Waals surface area contributed by atoms with Gasteiger partial charge in [0, 0.05) is 38.6 Å². The molecule has 168 valence electrons. The topological polar surface area (TPSA) is 78.8 Å². The minimum Gasteiger partial charge on any atom is -0.444 e. The number of aliphatic hydroxyl groups is 1. The Labute approximate surface area is 178 Å². The van der Waals surface area contributed by atoms with Gasteiger partial charge in [0.1, 0.15) is 17.4 Å². The van der Waals surface area contributed by atoms with Gasteiger partial charge in [-0.2, -0.15) is 13.2 Å². The molecule has 1 aromatic heterocycles. The minimum absolute atomic E-state index is 0.243. The first-order chi connectivity index (χ1) is 14.5. The van der Waals surface area contributed by atoms with Gasteiger partial charge in [0.15, 0.2) is 5.82 Å². The molecule has 1 N–H and O–H groups in total. The van der Waals surface area contributed by atoms with Crippen LogP contribution in [-0.4, -0.2) is 57.8 Å². The van der Waals surface area contributed by atoms with Crippen LogP contribution in [-0.2, 0) is 10.9 Å². The van der Waals surface area contributed by atoms with Crippen molar-refractivity contribution >= 4 is 11.9 Å². The maximum absolute atomic E-state index is 12.8. The average Bonchev–Trinajstić information content (AvgIpc) is 2.71. The van der Waals surface area contributed by atoms with E-state index in [0.29, 0.717) is 32.0 Å². The first kappa shape index (κ1) is 22.8. The van der Waals surface area contributed by atoms with Gasteiger partial charge in [-0.3, -0.25) is 4.98 Å². The molecule has 0 spiro atoms. The number of alkyl halides is 3. The van der Waals surface area contributed by atoms with Crippen LogP contribution in [0.4, 0.5) is 23.8 Å². The van der Waals surface area contributed by atoms with Crippen LogP contribution in [0, 0.1) is 0 Å². The lowest BCUT2D eigenvalue weighted by atomic mass is 10.0. The SMILES string of the molecule is CC(C)(C)OC(=O)N1CCN(c2nccnc2C(O)c2ccc(C(F)(F)F)cc2)CC1. The summed E-state index contributed by atoms with van der Waals surface area (Å²) in [5.74, 6) is 0.429. The molecule has 1 fully saturated rings. The lowest BCUT2D eigenvalue weighted by molar-refractivity contribution is -0.137. The highest BCUT2D eigenvalue weighted by Gasteiger charge is 2.31. The van der Waals surface area contributed by atoms with Crippen LogP contribution in [0.15, 0.2) is 36.7 Å². The molecule has 7 nitrogen and oxygen atoms in total. The summed E-state index contributed by atoms with van der Waals surface area (Å²) in [6, 6.07) is 4.31. The van der Waals surface area contributed by atoms with Gasteiger partial charge in [0.05, 0.1) is 5.56 Å². The summed E-state index contributed by atoms with van der Waals surface area (Å²) in [7, 11) is 0. The standard InChI is InChI=1S/C21H25F3N4O3/c1-20(2,3)31-19(30)28-12-10-27(11-13-28)18-16(25-8-9-26-18)17(29)14-4-6-15(7-5-14)21(22,23)24/h4-9,17,29H,10-13H2,1-3H3. The van der Waals surface area contributed by atoms with Crippen LogP contribution in [0.1, 0.15) is 43.7 Å². The number of hydrogen-bond donors (Lipinski definition) is 1. The number of aromatic nitrogens is 2. The van der Waals surface area contributed by atoms with E-state index in [1.54, 1.807) is 25.7 Å². The first-order valence-corrected chi connectivity index (χ1v) is 9.85. The van der Waals surface area contributed by atoms with Gasteiger partial charge in [-0.05, 0) is 38.5 Å². The summed E-state index contributed by atoms with van der Waals surface area (Å²) in [5.41, 5.74) is -0.853. The van der Waals surface area contributed by atoms with Crippen molar-refractivity contribution in [2.75, 3.05) is 31.1 Å². The van der Waals surface area contributed by atoms with Gasteiger partial charge in [-0.1, -0.05) is 12.1 Å². The van der Waals surface area contributed by atoms with Crippen molar-refractivity contribution < 1.29 is 27.8 Å². The van der Waals surface area contributed by atoms with E-state index in [9.17, 15) is 23.1 Å². The monoisotopic (exact) mass is 438 g/mol. The summed E-state index contributed by atoms with van der Waals surface area (Å²) in [6.45, 7) is 7.11. The molecule has 2 heterocycles. The molecule has 31 heavy (non-hydrogen) atoms. The smallest absolute Gasteiger partial charge is 0.416 e. The van der Waals surface area contributed by atoms with Crippen molar-refractivity contribution in [2.24, 2.45) is 0 Å². The van der Waals surface area contributed by atoms with Crippen molar-refractivity contribution in [2.45, 2.75) is 38.7 Å². The lowest BCUT2D eigenvalue weighted by Crippen LogP contribution is -2.50. The molecule has 1 unspecified atom stereocenters. The summed E-state index contributed by atoms with van der Waals surface area (Å²) in [4.78, 5) is 24.3. The van der Waals surface area contributed by atoms with Crippen LogP contribution in [0.5, 0.6) is 0 Å². The second-order valence-electron chi connectivity index (χ2n) is 8.24. The average molecular weight is 438 g/mol. The van der Waals surface area contributed by atoms with Gasteiger partial charge in [-0.25, -0.2) is 9.78 Å². The van der Waals surface area contributed by atoms with Gasteiger partial charge in [0.2, 0.25) is 0 Å². The number of ether oxygens (including phenoxy) is 1. The highest BCUT2D eigenvalue weighted by molar-refractivity contribution is 5.68. The normalized spacial score (nSPS) is 16.2. The molecule has 10 heteroatoms. The van der Waals surface area contributed by atoms with Gasteiger partial charge < -0.3 is 19.6 Å². The number of amides is 1. The van der Waals surface area contributed by atoms with E-state index in [-0.39, 0.29) is 11.3 Å². The predicted molar refractivity (Wildman–Crippen MR) is 108 cm³/mol. The molecule has 0 saturated carbocycles. The van der Waals surface area contributed by atoms with Crippen LogP contribution in [0.2, 0.25) is 0 Å². The van der Waals surface area contributed by atoms with Crippen molar-refractivity contribution in [3.05, 3.63) is 53.5 Å². The summed E-state index contributed by atoms with van der Waals surface area (Å²) in [5, 5.41) is 10.8. The number of carbonyl (C=O) groups is 1. The fourth-order valence-electron chi connectivity index (χ4n) is 3.22.